The Hall–Kier alpha value is -0.0800. The fourth-order valence-corrected chi connectivity index (χ4v) is 3.03. The molecule has 22 heavy (non-hydrogen) atoms. The summed E-state index contributed by atoms with van der Waals surface area (Å²) in [7, 11) is 0. The summed E-state index contributed by atoms with van der Waals surface area (Å²) in [5, 5.41) is 21.1. The number of hydrogen-bond acceptors (Lipinski definition) is 6. The van der Waals surface area contributed by atoms with Gasteiger partial charge in [0.1, 0.15) is 0 Å². The topological polar surface area (TPSA) is 108 Å². The smallest absolute Gasteiger partial charge is 0.326 e. The predicted octanol–water partition coefficient (Wildman–Crippen LogP) is 1.13. The summed E-state index contributed by atoms with van der Waals surface area (Å²) in [6.07, 6.45) is 1.08. The van der Waals surface area contributed by atoms with Crippen LogP contribution < -0.4 is 5.32 Å². The normalized spacial score (nSPS) is 17.0. The lowest BCUT2D eigenvalue weighted by molar-refractivity contribution is -0.123. The lowest BCUT2D eigenvalue weighted by Crippen LogP contribution is -2.28. The van der Waals surface area contributed by atoms with Gasteiger partial charge in [0.05, 0.1) is 6.61 Å². The quantitative estimate of drug-likeness (QED) is 0.235. The van der Waals surface area contributed by atoms with Gasteiger partial charge in [-0.05, 0) is 31.6 Å². The second kappa shape index (κ2) is 11.5. The molecular formula is C13H28NO6PS. The monoisotopic (exact) mass is 357 g/mol. The molecule has 0 heterocycles. The first-order valence-electron chi connectivity index (χ1n) is 7.40. The van der Waals surface area contributed by atoms with Crippen LogP contribution in [0.3, 0.4) is 0 Å². The molecule has 3 unspecified atom stereocenters. The Labute approximate surface area is 137 Å². The van der Waals surface area contributed by atoms with Crippen molar-refractivity contribution in [2.45, 2.75) is 46.3 Å². The highest BCUT2D eigenvalue weighted by atomic mass is 32.5. The molecule has 0 aromatic heterocycles. The molecule has 0 aliphatic heterocycles. The minimum atomic E-state index is -3.47. The van der Waals surface area contributed by atoms with Crippen molar-refractivity contribution in [1.82, 2.24) is 5.32 Å². The minimum Gasteiger partial charge on any atom is -0.396 e. The van der Waals surface area contributed by atoms with E-state index in [0.29, 0.717) is 13.0 Å². The van der Waals surface area contributed by atoms with Gasteiger partial charge in [-0.1, -0.05) is 20.3 Å². The molecular weight excluding hydrogens is 329 g/mol. The summed E-state index contributed by atoms with van der Waals surface area (Å²) in [6, 6.07) is 0. The Morgan fingerprint density at radius 1 is 1.32 bits per heavy atom. The fourth-order valence-electron chi connectivity index (χ4n) is 1.62. The van der Waals surface area contributed by atoms with E-state index in [1.165, 1.54) is 6.92 Å². The first-order chi connectivity index (χ1) is 10.2. The summed E-state index contributed by atoms with van der Waals surface area (Å²) in [4.78, 5) is 21.0. The van der Waals surface area contributed by atoms with Crippen LogP contribution in [0, 0.1) is 11.8 Å². The number of amides is 1. The molecule has 0 bridgehead atoms. The summed E-state index contributed by atoms with van der Waals surface area (Å²) in [5.74, 6) is -0.174. The molecule has 0 fully saturated rings. The predicted molar refractivity (Wildman–Crippen MR) is 87.5 cm³/mol. The first-order valence-corrected chi connectivity index (χ1v) is 9.99. The van der Waals surface area contributed by atoms with Gasteiger partial charge in [0, 0.05) is 25.0 Å². The zero-order valence-corrected chi connectivity index (χ0v) is 15.1. The molecule has 3 atom stereocenters. The Morgan fingerprint density at radius 3 is 2.45 bits per heavy atom. The number of carbonyl (C=O) groups is 1. The highest BCUT2D eigenvalue weighted by Crippen LogP contribution is 2.45. The summed E-state index contributed by atoms with van der Waals surface area (Å²) < 4.78 is 9.80. The number of carbonyl (C=O) groups excluding carboxylic acids is 1. The van der Waals surface area contributed by atoms with E-state index in [4.69, 9.17) is 26.0 Å². The van der Waals surface area contributed by atoms with E-state index >= 15 is 0 Å². The van der Waals surface area contributed by atoms with Crippen molar-refractivity contribution >= 4 is 24.4 Å². The van der Waals surface area contributed by atoms with Crippen molar-refractivity contribution in [3.8, 4) is 0 Å². The highest BCUT2D eigenvalue weighted by Gasteiger charge is 2.20. The number of aliphatic hydroxyl groups excluding tert-OH is 2. The number of hydrogen-bond donors (Lipinski definition) is 4. The Kier molecular flexibility index (Phi) is 11.4. The van der Waals surface area contributed by atoms with Crippen molar-refractivity contribution in [2.24, 2.45) is 11.8 Å². The molecule has 0 aliphatic rings. The van der Waals surface area contributed by atoms with Crippen molar-refractivity contribution in [1.29, 1.82) is 0 Å². The van der Waals surface area contributed by atoms with Crippen LogP contribution in [0.15, 0.2) is 0 Å². The van der Waals surface area contributed by atoms with E-state index in [1.54, 1.807) is 0 Å². The average molecular weight is 357 g/mol. The molecule has 7 nitrogen and oxygen atoms in total. The number of aliphatic hydroxyl groups is 2. The second-order valence-electron chi connectivity index (χ2n) is 5.46. The van der Waals surface area contributed by atoms with Gasteiger partial charge in [-0.25, -0.2) is 0 Å². The standard InChI is InChI=1S/C13H28NO6PS/c1-10(2)13(17)14-7-5-4-6-12(8-15)9-19-21(18,22)20-11(3)16/h10-12,15-16H,4-9H2,1-3H3,(H,14,17)(H,18,22). The maximum absolute atomic E-state index is 11.4. The van der Waals surface area contributed by atoms with Crippen LogP contribution in [0.4, 0.5) is 0 Å². The molecule has 0 saturated carbocycles. The van der Waals surface area contributed by atoms with E-state index < -0.39 is 13.0 Å². The molecule has 132 valence electrons. The second-order valence-corrected chi connectivity index (χ2v) is 8.25. The molecule has 0 rings (SSSR count). The van der Waals surface area contributed by atoms with Crippen molar-refractivity contribution < 1.29 is 28.9 Å². The largest absolute Gasteiger partial charge is 0.396 e. The molecule has 0 aliphatic carbocycles. The van der Waals surface area contributed by atoms with Crippen LogP contribution in [0.25, 0.3) is 0 Å². The Balaban J connectivity index is 3.89. The zero-order valence-electron chi connectivity index (χ0n) is 13.4. The lowest BCUT2D eigenvalue weighted by atomic mass is 10.0. The van der Waals surface area contributed by atoms with Crippen molar-refractivity contribution in [3.05, 3.63) is 0 Å². The molecule has 0 aromatic carbocycles. The third-order valence-electron chi connectivity index (χ3n) is 2.88. The molecule has 0 spiro atoms. The SMILES string of the molecule is CC(O)OP(O)(=S)OCC(CO)CCCCNC(=O)C(C)C. The van der Waals surface area contributed by atoms with Gasteiger partial charge in [-0.2, -0.15) is 0 Å². The van der Waals surface area contributed by atoms with Crippen LogP contribution in [0.1, 0.15) is 40.0 Å². The van der Waals surface area contributed by atoms with Gasteiger partial charge < -0.3 is 24.9 Å². The van der Waals surface area contributed by atoms with Crippen LogP contribution in [-0.2, 0) is 25.6 Å². The third-order valence-corrected chi connectivity index (χ3v) is 4.50. The van der Waals surface area contributed by atoms with Crippen molar-refractivity contribution in [2.75, 3.05) is 19.8 Å². The van der Waals surface area contributed by atoms with E-state index in [9.17, 15) is 14.8 Å². The number of nitrogens with one attached hydrogen (secondary N) is 1. The zero-order chi connectivity index (χ0) is 17.2. The van der Waals surface area contributed by atoms with Crippen LogP contribution in [0.2, 0.25) is 0 Å². The van der Waals surface area contributed by atoms with Gasteiger partial charge in [0.15, 0.2) is 6.29 Å². The molecule has 9 heteroatoms. The first kappa shape index (κ1) is 21.9. The van der Waals surface area contributed by atoms with Crippen molar-refractivity contribution in [3.63, 3.8) is 0 Å². The van der Waals surface area contributed by atoms with Gasteiger partial charge in [0.2, 0.25) is 5.91 Å². The summed E-state index contributed by atoms with van der Waals surface area (Å²) in [5.41, 5.74) is 0. The van der Waals surface area contributed by atoms with E-state index in [0.717, 1.165) is 12.8 Å². The summed E-state index contributed by atoms with van der Waals surface area (Å²) in [6.45, 7) is 2.10. The van der Waals surface area contributed by atoms with Crippen LogP contribution >= 0.6 is 6.72 Å². The molecule has 1 amide bonds. The minimum absolute atomic E-state index is 0.0262. The molecule has 4 N–H and O–H groups in total. The van der Waals surface area contributed by atoms with Crippen LogP contribution in [0.5, 0.6) is 0 Å². The number of unbranched alkanes of at least 4 members (excludes halogenated alkanes) is 1. The molecule has 0 saturated heterocycles. The van der Waals surface area contributed by atoms with Gasteiger partial charge in [-0.15, -0.1) is 0 Å². The maximum Gasteiger partial charge on any atom is 0.326 e. The fraction of sp³-hybridized carbons (Fsp3) is 0.923. The molecule has 0 aromatic rings. The summed E-state index contributed by atoms with van der Waals surface area (Å²) >= 11 is 4.73. The van der Waals surface area contributed by atoms with Crippen LogP contribution in [-0.4, -0.2) is 47.1 Å². The Morgan fingerprint density at radius 2 is 1.95 bits per heavy atom. The maximum atomic E-state index is 11.4. The van der Waals surface area contributed by atoms with Gasteiger partial charge >= 0.3 is 6.72 Å². The van der Waals surface area contributed by atoms with Gasteiger partial charge in [0.25, 0.3) is 0 Å². The number of rotatable bonds is 12. The van der Waals surface area contributed by atoms with E-state index in [1.807, 2.05) is 13.8 Å². The Bertz CT molecular complexity index is 366. The lowest BCUT2D eigenvalue weighted by Gasteiger charge is -2.20. The van der Waals surface area contributed by atoms with E-state index in [2.05, 4.69) is 5.32 Å². The highest BCUT2D eigenvalue weighted by molar-refractivity contribution is 8.07. The third kappa shape index (κ3) is 11.5. The van der Waals surface area contributed by atoms with Gasteiger partial charge in [-0.3, -0.25) is 9.32 Å². The average Bonchev–Trinajstić information content (AvgIpc) is 2.39. The van der Waals surface area contributed by atoms with E-state index in [-0.39, 0.29) is 31.0 Å². The molecule has 0 radical (unpaired) electrons.